The Morgan fingerprint density at radius 1 is 1.00 bits per heavy atom. The predicted molar refractivity (Wildman–Crippen MR) is 106 cm³/mol. The molecule has 0 aliphatic carbocycles. The lowest BCUT2D eigenvalue weighted by atomic mass is 10.2. The van der Waals surface area contributed by atoms with Crippen molar-refractivity contribution in [2.24, 2.45) is 0 Å². The smallest absolute Gasteiger partial charge is 0.319 e. The number of urea groups is 1. The Morgan fingerprint density at radius 2 is 1.75 bits per heavy atom. The number of rotatable bonds is 6. The van der Waals surface area contributed by atoms with Crippen molar-refractivity contribution >= 4 is 21.6 Å². The normalized spacial score (nSPS) is 11.0. The van der Waals surface area contributed by atoms with E-state index in [1.54, 1.807) is 49.1 Å². The second kappa shape index (κ2) is 8.62. The third kappa shape index (κ3) is 5.14. The van der Waals surface area contributed by atoms with Gasteiger partial charge in [0.05, 0.1) is 10.6 Å². The van der Waals surface area contributed by atoms with Crippen LogP contribution >= 0.6 is 0 Å². The molecule has 28 heavy (non-hydrogen) atoms. The number of amides is 2. The van der Waals surface area contributed by atoms with E-state index < -0.39 is 9.84 Å². The zero-order chi connectivity index (χ0) is 20.0. The molecule has 0 spiro atoms. The number of nitrogens with one attached hydrogen (secondary N) is 2. The van der Waals surface area contributed by atoms with Gasteiger partial charge < -0.3 is 10.6 Å². The first-order valence-electron chi connectivity index (χ1n) is 8.60. The summed E-state index contributed by atoms with van der Waals surface area (Å²) in [5.41, 5.74) is 2.92. The van der Waals surface area contributed by atoms with Crippen LogP contribution in [0.2, 0.25) is 0 Å². The highest BCUT2D eigenvalue weighted by molar-refractivity contribution is 7.90. The van der Waals surface area contributed by atoms with E-state index in [-0.39, 0.29) is 16.7 Å². The lowest BCUT2D eigenvalue weighted by Crippen LogP contribution is -2.28. The van der Waals surface area contributed by atoms with Gasteiger partial charge in [-0.1, -0.05) is 6.07 Å². The van der Waals surface area contributed by atoms with Crippen molar-refractivity contribution in [1.29, 1.82) is 0 Å². The van der Waals surface area contributed by atoms with E-state index in [9.17, 15) is 13.2 Å². The molecular formula is C20H20N4O3S. The number of hydrogen-bond donors (Lipinski definition) is 2. The minimum absolute atomic E-state index is 0.120. The number of pyridine rings is 2. The number of anilines is 1. The van der Waals surface area contributed by atoms with Gasteiger partial charge in [-0.3, -0.25) is 9.97 Å². The first-order chi connectivity index (χ1) is 13.4. The molecule has 0 unspecified atom stereocenters. The lowest BCUT2D eigenvalue weighted by molar-refractivity contribution is 0.251. The molecule has 0 aliphatic heterocycles. The number of hydrogen-bond acceptors (Lipinski definition) is 5. The molecule has 0 aliphatic rings. The van der Waals surface area contributed by atoms with E-state index in [1.807, 2.05) is 13.0 Å². The number of carbonyl (C=O) groups excluding carboxylic acids is 1. The van der Waals surface area contributed by atoms with E-state index in [4.69, 9.17) is 0 Å². The summed E-state index contributed by atoms with van der Waals surface area (Å²) in [5, 5.41) is 5.39. The van der Waals surface area contributed by atoms with Gasteiger partial charge in [0.15, 0.2) is 9.84 Å². The van der Waals surface area contributed by atoms with E-state index in [0.717, 1.165) is 11.1 Å². The van der Waals surface area contributed by atoms with Crippen molar-refractivity contribution in [3.05, 3.63) is 83.9 Å². The van der Waals surface area contributed by atoms with Crippen molar-refractivity contribution in [1.82, 2.24) is 15.3 Å². The van der Waals surface area contributed by atoms with Crippen LogP contribution in [-0.2, 0) is 22.1 Å². The fourth-order valence-corrected chi connectivity index (χ4v) is 3.97. The first-order valence-corrected chi connectivity index (χ1v) is 10.3. The predicted octanol–water partition coefficient (Wildman–Crippen LogP) is 3.08. The highest BCUT2D eigenvalue weighted by Gasteiger charge is 2.17. The highest BCUT2D eigenvalue weighted by Crippen LogP contribution is 2.20. The molecule has 2 N–H and O–H groups in total. The molecular weight excluding hydrogens is 376 g/mol. The van der Waals surface area contributed by atoms with Crippen LogP contribution < -0.4 is 10.6 Å². The maximum Gasteiger partial charge on any atom is 0.319 e. The molecule has 2 amide bonds. The zero-order valence-electron chi connectivity index (χ0n) is 15.3. The zero-order valence-corrected chi connectivity index (χ0v) is 16.1. The second-order valence-corrected chi connectivity index (χ2v) is 8.24. The van der Waals surface area contributed by atoms with Gasteiger partial charge in [0.25, 0.3) is 0 Å². The Kier molecular flexibility index (Phi) is 6.00. The van der Waals surface area contributed by atoms with Gasteiger partial charge in [-0.15, -0.1) is 0 Å². The summed E-state index contributed by atoms with van der Waals surface area (Å²) in [5.74, 6) is -0.120. The summed E-state index contributed by atoms with van der Waals surface area (Å²) in [6, 6.07) is 11.1. The van der Waals surface area contributed by atoms with Crippen LogP contribution in [0.4, 0.5) is 10.5 Å². The fourth-order valence-electron chi connectivity index (χ4n) is 2.54. The highest BCUT2D eigenvalue weighted by atomic mass is 32.2. The van der Waals surface area contributed by atoms with Crippen molar-refractivity contribution in [2.75, 3.05) is 5.32 Å². The standard InChI is InChI=1S/C20H20N4O3S/c1-15-8-10-22-13-17(15)14-28(26,27)19-6-4-18(5-7-19)24-20(25)23-12-16-3-2-9-21-11-16/h2-11,13H,12,14H2,1H3,(H2,23,24,25). The molecule has 0 atom stereocenters. The summed E-state index contributed by atoms with van der Waals surface area (Å²) in [6.07, 6.45) is 6.53. The van der Waals surface area contributed by atoms with Crippen LogP contribution in [0.3, 0.4) is 0 Å². The van der Waals surface area contributed by atoms with Gasteiger partial charge in [0.2, 0.25) is 0 Å². The van der Waals surface area contributed by atoms with E-state index >= 15 is 0 Å². The molecule has 0 saturated carbocycles. The molecule has 0 fully saturated rings. The maximum atomic E-state index is 12.6. The quantitative estimate of drug-likeness (QED) is 0.667. The average Bonchev–Trinajstić information content (AvgIpc) is 2.69. The van der Waals surface area contributed by atoms with Crippen molar-refractivity contribution in [3.8, 4) is 0 Å². The Balaban J connectivity index is 1.61. The van der Waals surface area contributed by atoms with Crippen LogP contribution in [0.5, 0.6) is 0 Å². The molecule has 1 aromatic carbocycles. The van der Waals surface area contributed by atoms with Gasteiger partial charge in [-0.25, -0.2) is 13.2 Å². The molecule has 3 rings (SSSR count). The number of sulfone groups is 1. The monoisotopic (exact) mass is 396 g/mol. The van der Waals surface area contributed by atoms with Crippen molar-refractivity contribution in [3.63, 3.8) is 0 Å². The average molecular weight is 396 g/mol. The van der Waals surface area contributed by atoms with E-state index in [1.165, 1.54) is 12.1 Å². The molecule has 7 nitrogen and oxygen atoms in total. The summed E-state index contributed by atoms with van der Waals surface area (Å²) in [7, 11) is -3.50. The molecule has 0 radical (unpaired) electrons. The first kappa shape index (κ1) is 19.5. The van der Waals surface area contributed by atoms with E-state index in [2.05, 4.69) is 20.6 Å². The van der Waals surface area contributed by atoms with Crippen LogP contribution in [0, 0.1) is 6.92 Å². The van der Waals surface area contributed by atoms with Crippen LogP contribution in [0.1, 0.15) is 16.7 Å². The number of carbonyl (C=O) groups is 1. The van der Waals surface area contributed by atoms with Gasteiger partial charge >= 0.3 is 6.03 Å². The third-order valence-corrected chi connectivity index (χ3v) is 5.82. The third-order valence-electron chi connectivity index (χ3n) is 4.14. The van der Waals surface area contributed by atoms with Gasteiger partial charge in [-0.2, -0.15) is 0 Å². The Labute approximate surface area is 163 Å². The summed E-state index contributed by atoms with van der Waals surface area (Å²) in [6.45, 7) is 2.19. The Bertz CT molecular complexity index is 1050. The summed E-state index contributed by atoms with van der Waals surface area (Å²) < 4.78 is 25.2. The lowest BCUT2D eigenvalue weighted by Gasteiger charge is -2.10. The van der Waals surface area contributed by atoms with E-state index in [0.29, 0.717) is 17.8 Å². The minimum Gasteiger partial charge on any atom is -0.334 e. The van der Waals surface area contributed by atoms with Gasteiger partial charge in [0, 0.05) is 37.0 Å². The van der Waals surface area contributed by atoms with Crippen LogP contribution in [-0.4, -0.2) is 24.4 Å². The largest absolute Gasteiger partial charge is 0.334 e. The number of aryl methyl sites for hydroxylation is 1. The summed E-state index contributed by atoms with van der Waals surface area (Å²) >= 11 is 0. The number of benzene rings is 1. The number of nitrogens with zero attached hydrogens (tertiary/aromatic N) is 2. The fraction of sp³-hybridized carbons (Fsp3) is 0.150. The van der Waals surface area contributed by atoms with Crippen LogP contribution in [0.15, 0.2) is 72.1 Å². The molecule has 144 valence electrons. The van der Waals surface area contributed by atoms with Crippen molar-refractivity contribution in [2.45, 2.75) is 24.1 Å². The second-order valence-electron chi connectivity index (χ2n) is 6.25. The van der Waals surface area contributed by atoms with Crippen LogP contribution in [0.25, 0.3) is 0 Å². The van der Waals surface area contributed by atoms with Crippen molar-refractivity contribution < 1.29 is 13.2 Å². The Morgan fingerprint density at radius 3 is 2.43 bits per heavy atom. The molecule has 2 aromatic heterocycles. The molecule has 0 bridgehead atoms. The molecule has 2 heterocycles. The summed E-state index contributed by atoms with van der Waals surface area (Å²) in [4.78, 5) is 20.1. The molecule has 0 saturated heterocycles. The minimum atomic E-state index is -3.50. The molecule has 8 heteroatoms. The van der Waals surface area contributed by atoms with Gasteiger partial charge in [-0.05, 0) is 60.0 Å². The van der Waals surface area contributed by atoms with Gasteiger partial charge in [0.1, 0.15) is 0 Å². The number of aromatic nitrogens is 2. The topological polar surface area (TPSA) is 101 Å². The maximum absolute atomic E-state index is 12.6. The SMILES string of the molecule is Cc1ccncc1CS(=O)(=O)c1ccc(NC(=O)NCc2cccnc2)cc1. The Hall–Kier alpha value is -3.26. The molecule has 3 aromatic rings.